The van der Waals surface area contributed by atoms with Gasteiger partial charge in [0.05, 0.1) is 5.57 Å². The highest BCUT2D eigenvalue weighted by atomic mass is 19.1. The highest BCUT2D eigenvalue weighted by Crippen LogP contribution is 2.41. The van der Waals surface area contributed by atoms with Crippen LogP contribution in [0.3, 0.4) is 0 Å². The van der Waals surface area contributed by atoms with Gasteiger partial charge in [0.2, 0.25) is 0 Å². The number of carbonyl (C=O) groups is 1. The summed E-state index contributed by atoms with van der Waals surface area (Å²) in [5, 5.41) is 6.45. The van der Waals surface area contributed by atoms with Gasteiger partial charge in [0.1, 0.15) is 17.5 Å². The van der Waals surface area contributed by atoms with Gasteiger partial charge < -0.3 is 20.5 Å². The lowest BCUT2D eigenvalue weighted by Crippen LogP contribution is -2.38. The Kier molecular flexibility index (Phi) is 5.68. The van der Waals surface area contributed by atoms with Crippen molar-refractivity contribution in [2.45, 2.75) is 25.8 Å². The molecule has 0 saturated carbocycles. The summed E-state index contributed by atoms with van der Waals surface area (Å²) in [7, 11) is 0. The third-order valence-electron chi connectivity index (χ3n) is 6.36. The fraction of sp³-hybridized carbons (Fsp3) is 0.280. The van der Waals surface area contributed by atoms with Gasteiger partial charge in [0.15, 0.2) is 0 Å². The van der Waals surface area contributed by atoms with Gasteiger partial charge >= 0.3 is 0 Å². The number of likely N-dealkylation sites (tertiary alicyclic amines) is 1. The van der Waals surface area contributed by atoms with Crippen molar-refractivity contribution < 1.29 is 13.6 Å². The molecule has 1 aromatic heterocycles. The van der Waals surface area contributed by atoms with Gasteiger partial charge in [-0.25, -0.2) is 13.8 Å². The molecular formula is C25H25F2N5O. The third kappa shape index (κ3) is 4.14. The number of rotatable bonds is 5. The number of fused-ring (bicyclic) bond motifs is 1. The van der Waals surface area contributed by atoms with Crippen LogP contribution < -0.4 is 10.6 Å². The second-order valence-electron chi connectivity index (χ2n) is 8.38. The molecule has 3 N–H and O–H groups in total. The number of H-pyrrole nitrogens is 1. The van der Waals surface area contributed by atoms with Gasteiger partial charge in [-0.05, 0) is 49.7 Å². The SMILES string of the molecule is CCN1CCC(Nc2ccc3c(c2)C(=C(c2ncc[nH]2)c2ccc(F)cc2F)C(=O)N3)CC1. The van der Waals surface area contributed by atoms with E-state index in [4.69, 9.17) is 0 Å². The second-order valence-corrected chi connectivity index (χ2v) is 8.38. The summed E-state index contributed by atoms with van der Waals surface area (Å²) in [6.07, 6.45) is 5.23. The van der Waals surface area contributed by atoms with Gasteiger partial charge in [-0.15, -0.1) is 0 Å². The van der Waals surface area contributed by atoms with E-state index < -0.39 is 11.6 Å². The van der Waals surface area contributed by atoms with E-state index in [0.717, 1.165) is 44.2 Å². The predicted octanol–water partition coefficient (Wildman–Crippen LogP) is 4.50. The molecule has 170 valence electrons. The van der Waals surface area contributed by atoms with Crippen LogP contribution in [0.4, 0.5) is 20.2 Å². The minimum atomic E-state index is -0.757. The lowest BCUT2D eigenvalue weighted by molar-refractivity contribution is -0.110. The number of nitrogens with one attached hydrogen (secondary N) is 3. The number of nitrogens with zero attached hydrogens (tertiary/aromatic N) is 2. The zero-order valence-electron chi connectivity index (χ0n) is 18.3. The molecule has 5 rings (SSSR count). The molecule has 0 atom stereocenters. The van der Waals surface area contributed by atoms with E-state index in [-0.39, 0.29) is 11.5 Å². The van der Waals surface area contributed by atoms with E-state index >= 15 is 0 Å². The number of carbonyl (C=O) groups excluding carboxylic acids is 1. The molecule has 0 spiro atoms. The Balaban J connectivity index is 1.57. The number of aromatic nitrogens is 2. The molecule has 8 heteroatoms. The molecular weight excluding hydrogens is 424 g/mol. The Bertz CT molecular complexity index is 1210. The number of piperidine rings is 1. The highest BCUT2D eigenvalue weighted by molar-refractivity contribution is 6.38. The number of benzene rings is 2. The van der Waals surface area contributed by atoms with Crippen LogP contribution in [0.25, 0.3) is 11.1 Å². The zero-order chi connectivity index (χ0) is 22.9. The summed E-state index contributed by atoms with van der Waals surface area (Å²) in [5.74, 6) is -1.46. The molecule has 2 aliphatic rings. The van der Waals surface area contributed by atoms with Crippen LogP contribution in [0.1, 0.15) is 36.7 Å². The van der Waals surface area contributed by atoms with Crippen LogP contribution in [0.5, 0.6) is 0 Å². The predicted molar refractivity (Wildman–Crippen MR) is 125 cm³/mol. The third-order valence-corrected chi connectivity index (χ3v) is 6.36. The first kappa shape index (κ1) is 21.3. The Morgan fingerprint density at radius 2 is 2.00 bits per heavy atom. The minimum Gasteiger partial charge on any atom is -0.382 e. The Labute approximate surface area is 190 Å². The van der Waals surface area contributed by atoms with Gasteiger partial charge in [0.25, 0.3) is 5.91 Å². The number of hydrogen-bond acceptors (Lipinski definition) is 4. The van der Waals surface area contributed by atoms with E-state index in [1.54, 1.807) is 6.20 Å². The van der Waals surface area contributed by atoms with Gasteiger partial charge in [-0.3, -0.25) is 4.79 Å². The normalized spacial score (nSPS) is 18.2. The maximum atomic E-state index is 14.8. The van der Waals surface area contributed by atoms with Crippen LogP contribution in [0.2, 0.25) is 0 Å². The molecule has 3 aromatic rings. The first-order valence-corrected chi connectivity index (χ1v) is 11.2. The van der Waals surface area contributed by atoms with Gasteiger partial charge in [-0.1, -0.05) is 6.92 Å². The Hall–Kier alpha value is -3.52. The van der Waals surface area contributed by atoms with Crippen molar-refractivity contribution in [1.82, 2.24) is 14.9 Å². The molecule has 3 heterocycles. The largest absolute Gasteiger partial charge is 0.382 e. The van der Waals surface area contributed by atoms with E-state index in [2.05, 4.69) is 32.4 Å². The van der Waals surface area contributed by atoms with Gasteiger partial charge in [0, 0.05) is 65.7 Å². The number of halogens is 2. The fourth-order valence-corrected chi connectivity index (χ4v) is 4.61. The Morgan fingerprint density at radius 3 is 2.70 bits per heavy atom. The number of imidazole rings is 1. The number of aromatic amines is 1. The summed E-state index contributed by atoms with van der Waals surface area (Å²) in [5.41, 5.74) is 2.90. The highest BCUT2D eigenvalue weighted by Gasteiger charge is 2.31. The van der Waals surface area contributed by atoms with Crippen LogP contribution in [0, 0.1) is 11.6 Å². The van der Waals surface area contributed by atoms with Crippen molar-refractivity contribution in [2.24, 2.45) is 0 Å². The first-order valence-electron chi connectivity index (χ1n) is 11.2. The summed E-state index contributed by atoms with van der Waals surface area (Å²) >= 11 is 0. The van der Waals surface area contributed by atoms with E-state index in [0.29, 0.717) is 34.3 Å². The average molecular weight is 450 g/mol. The summed E-state index contributed by atoms with van der Waals surface area (Å²) in [6.45, 7) is 5.34. The molecule has 1 amide bonds. The molecule has 6 nitrogen and oxygen atoms in total. The fourth-order valence-electron chi connectivity index (χ4n) is 4.61. The second kappa shape index (κ2) is 8.78. The quantitative estimate of drug-likeness (QED) is 0.502. The lowest BCUT2D eigenvalue weighted by Gasteiger charge is -2.32. The summed E-state index contributed by atoms with van der Waals surface area (Å²) in [6, 6.07) is 9.39. The minimum absolute atomic E-state index is 0.106. The molecule has 2 aliphatic heterocycles. The van der Waals surface area contributed by atoms with Crippen molar-refractivity contribution in [3.05, 3.63) is 77.4 Å². The average Bonchev–Trinajstić information content (AvgIpc) is 3.44. The van der Waals surface area contributed by atoms with Crippen molar-refractivity contribution in [2.75, 3.05) is 30.3 Å². The van der Waals surface area contributed by atoms with Crippen molar-refractivity contribution in [3.63, 3.8) is 0 Å². The van der Waals surface area contributed by atoms with Crippen LogP contribution in [0.15, 0.2) is 48.8 Å². The number of amides is 1. The van der Waals surface area contributed by atoms with Crippen molar-refractivity contribution >= 4 is 28.4 Å². The topological polar surface area (TPSA) is 73.0 Å². The van der Waals surface area contributed by atoms with E-state index in [1.807, 2.05) is 18.2 Å². The van der Waals surface area contributed by atoms with E-state index in [9.17, 15) is 13.6 Å². The molecule has 0 unspecified atom stereocenters. The monoisotopic (exact) mass is 449 g/mol. The maximum Gasteiger partial charge on any atom is 0.257 e. The van der Waals surface area contributed by atoms with Crippen LogP contribution in [-0.4, -0.2) is 46.5 Å². The number of anilines is 2. The molecule has 0 aliphatic carbocycles. The molecule has 33 heavy (non-hydrogen) atoms. The maximum absolute atomic E-state index is 14.8. The smallest absolute Gasteiger partial charge is 0.257 e. The molecule has 0 bridgehead atoms. The first-order chi connectivity index (χ1) is 16.0. The summed E-state index contributed by atoms with van der Waals surface area (Å²) in [4.78, 5) is 22.7. The molecule has 0 radical (unpaired) electrons. The Morgan fingerprint density at radius 1 is 1.18 bits per heavy atom. The lowest BCUT2D eigenvalue weighted by atomic mass is 9.94. The molecule has 2 aromatic carbocycles. The standard InChI is InChI=1S/C25H25F2N5O/c1-2-32-11-7-16(8-12-32)30-17-4-6-21-19(14-17)23(25(33)31-21)22(24-28-9-10-29-24)18-5-3-15(26)13-20(18)27/h3-6,9-10,13-14,16,30H,2,7-8,11-12H2,1H3,(H,28,29)(H,31,33). The van der Waals surface area contributed by atoms with E-state index in [1.165, 1.54) is 18.3 Å². The van der Waals surface area contributed by atoms with Crippen LogP contribution >= 0.6 is 0 Å². The zero-order valence-corrected chi connectivity index (χ0v) is 18.3. The van der Waals surface area contributed by atoms with Crippen molar-refractivity contribution in [3.8, 4) is 0 Å². The summed E-state index contributed by atoms with van der Waals surface area (Å²) < 4.78 is 28.4. The van der Waals surface area contributed by atoms with Crippen molar-refractivity contribution in [1.29, 1.82) is 0 Å². The molecule has 1 fully saturated rings. The number of hydrogen-bond donors (Lipinski definition) is 3. The van der Waals surface area contributed by atoms with Crippen LogP contribution in [-0.2, 0) is 4.79 Å². The molecule has 1 saturated heterocycles. The van der Waals surface area contributed by atoms with Gasteiger partial charge in [-0.2, -0.15) is 0 Å².